The molecular formula is C25H31N3O3. The van der Waals surface area contributed by atoms with Gasteiger partial charge in [-0.2, -0.15) is 0 Å². The van der Waals surface area contributed by atoms with Gasteiger partial charge < -0.3 is 19.5 Å². The molecule has 4 rings (SSSR count). The van der Waals surface area contributed by atoms with Crippen LogP contribution in [0.3, 0.4) is 0 Å². The highest BCUT2D eigenvalue weighted by Gasteiger charge is 2.30. The van der Waals surface area contributed by atoms with Gasteiger partial charge in [-0.15, -0.1) is 0 Å². The Morgan fingerprint density at radius 3 is 2.48 bits per heavy atom. The highest BCUT2D eigenvalue weighted by Crippen LogP contribution is 2.31. The number of para-hydroxylation sites is 1. The number of hydrogen-bond donors (Lipinski definition) is 1. The molecule has 0 radical (unpaired) electrons. The van der Waals surface area contributed by atoms with E-state index in [4.69, 9.17) is 4.74 Å². The number of hydrogen-bond acceptors (Lipinski definition) is 4. The third-order valence-corrected chi connectivity index (χ3v) is 6.27. The van der Waals surface area contributed by atoms with E-state index in [0.29, 0.717) is 32.5 Å². The molecule has 1 unspecified atom stereocenters. The van der Waals surface area contributed by atoms with Gasteiger partial charge in [-0.3, -0.25) is 9.59 Å². The van der Waals surface area contributed by atoms with Crippen molar-refractivity contribution in [3.63, 3.8) is 0 Å². The van der Waals surface area contributed by atoms with Crippen LogP contribution < -0.4 is 5.32 Å². The number of rotatable bonds is 6. The van der Waals surface area contributed by atoms with E-state index in [1.165, 1.54) is 21.8 Å². The monoisotopic (exact) mass is 421 g/mol. The maximum Gasteiger partial charge on any atom is 0.309 e. The molecule has 1 aliphatic heterocycles. The number of ether oxygens (including phenoxy) is 1. The Bertz CT molecular complexity index is 1100. The summed E-state index contributed by atoms with van der Waals surface area (Å²) in [6, 6.07) is 14.4. The summed E-state index contributed by atoms with van der Waals surface area (Å²) >= 11 is 0. The Labute approximate surface area is 183 Å². The fourth-order valence-corrected chi connectivity index (χ4v) is 4.67. The summed E-state index contributed by atoms with van der Waals surface area (Å²) in [5.41, 5.74) is 3.37. The lowest BCUT2D eigenvalue weighted by Gasteiger charge is -2.33. The van der Waals surface area contributed by atoms with Gasteiger partial charge in [0, 0.05) is 47.1 Å². The number of nitrogens with one attached hydrogen (secondary N) is 1. The quantitative estimate of drug-likeness (QED) is 0.599. The average molecular weight is 422 g/mol. The van der Waals surface area contributed by atoms with Gasteiger partial charge in [0.15, 0.2) is 0 Å². The number of aryl methyl sites for hydroxylation is 1. The van der Waals surface area contributed by atoms with E-state index >= 15 is 0 Å². The Morgan fingerprint density at radius 1 is 1.06 bits per heavy atom. The molecule has 1 aliphatic rings. The van der Waals surface area contributed by atoms with Gasteiger partial charge >= 0.3 is 5.97 Å². The summed E-state index contributed by atoms with van der Waals surface area (Å²) in [5.74, 6) is -0.163. The molecule has 1 N–H and O–H groups in total. The SMILES string of the molecule is CCOC(=O)C1CCN(C(=O)C(C)Nc2ccc3c(c2)c2ccccc2n3CC)CC1. The van der Waals surface area contributed by atoms with Crippen molar-refractivity contribution >= 4 is 39.4 Å². The van der Waals surface area contributed by atoms with Crippen LogP contribution in [0, 0.1) is 5.92 Å². The summed E-state index contributed by atoms with van der Waals surface area (Å²) in [6.07, 6.45) is 1.33. The van der Waals surface area contributed by atoms with E-state index in [2.05, 4.69) is 53.2 Å². The lowest BCUT2D eigenvalue weighted by Crippen LogP contribution is -2.46. The summed E-state index contributed by atoms with van der Waals surface area (Å²) in [6.45, 7) is 8.38. The Morgan fingerprint density at radius 2 is 1.77 bits per heavy atom. The van der Waals surface area contributed by atoms with Crippen LogP contribution in [-0.2, 0) is 20.9 Å². The largest absolute Gasteiger partial charge is 0.466 e. The highest BCUT2D eigenvalue weighted by molar-refractivity contribution is 6.09. The second-order valence-electron chi connectivity index (χ2n) is 8.21. The van der Waals surface area contributed by atoms with E-state index in [9.17, 15) is 9.59 Å². The van der Waals surface area contributed by atoms with Crippen LogP contribution in [0.25, 0.3) is 21.8 Å². The second-order valence-corrected chi connectivity index (χ2v) is 8.21. The fourth-order valence-electron chi connectivity index (χ4n) is 4.67. The van der Waals surface area contributed by atoms with Gasteiger partial charge in [0.2, 0.25) is 5.91 Å². The number of aromatic nitrogens is 1. The Kier molecular flexibility index (Phi) is 6.16. The zero-order chi connectivity index (χ0) is 22.0. The number of amides is 1. The molecule has 0 spiro atoms. The number of esters is 1. The smallest absolute Gasteiger partial charge is 0.309 e. The molecule has 1 aromatic heterocycles. The number of anilines is 1. The Hall–Kier alpha value is -3.02. The van der Waals surface area contributed by atoms with Crippen LogP contribution in [0.15, 0.2) is 42.5 Å². The summed E-state index contributed by atoms with van der Waals surface area (Å²) < 4.78 is 7.44. The maximum absolute atomic E-state index is 13.0. The van der Waals surface area contributed by atoms with Crippen molar-refractivity contribution in [3.05, 3.63) is 42.5 Å². The highest BCUT2D eigenvalue weighted by atomic mass is 16.5. The van der Waals surface area contributed by atoms with Crippen molar-refractivity contribution in [2.24, 2.45) is 5.92 Å². The predicted octanol–water partition coefficient (Wildman–Crippen LogP) is 4.42. The molecule has 164 valence electrons. The third kappa shape index (κ3) is 4.11. The van der Waals surface area contributed by atoms with Gasteiger partial charge in [0.05, 0.1) is 12.5 Å². The molecule has 0 bridgehead atoms. The number of piperidine rings is 1. The Balaban J connectivity index is 1.46. The van der Waals surface area contributed by atoms with Crippen LogP contribution in [0.1, 0.15) is 33.6 Å². The maximum atomic E-state index is 13.0. The molecule has 1 fully saturated rings. The summed E-state index contributed by atoms with van der Waals surface area (Å²) in [7, 11) is 0. The van der Waals surface area contributed by atoms with Crippen LogP contribution in [0.2, 0.25) is 0 Å². The van der Waals surface area contributed by atoms with Gasteiger partial charge in [-0.25, -0.2) is 0 Å². The number of fused-ring (bicyclic) bond motifs is 3. The fraction of sp³-hybridized carbons (Fsp3) is 0.440. The van der Waals surface area contributed by atoms with Crippen molar-refractivity contribution in [2.75, 3.05) is 25.0 Å². The normalized spacial score (nSPS) is 15.9. The summed E-state index contributed by atoms with van der Waals surface area (Å²) in [5, 5.41) is 5.80. The van der Waals surface area contributed by atoms with Crippen molar-refractivity contribution in [3.8, 4) is 0 Å². The zero-order valence-electron chi connectivity index (χ0n) is 18.6. The first-order valence-corrected chi connectivity index (χ1v) is 11.3. The number of carbonyl (C=O) groups excluding carboxylic acids is 2. The third-order valence-electron chi connectivity index (χ3n) is 6.27. The molecule has 0 aliphatic carbocycles. The summed E-state index contributed by atoms with van der Waals surface area (Å²) in [4.78, 5) is 26.8. The minimum absolute atomic E-state index is 0.0680. The van der Waals surface area contributed by atoms with Crippen molar-refractivity contribution < 1.29 is 14.3 Å². The topological polar surface area (TPSA) is 63.6 Å². The average Bonchev–Trinajstić information content (AvgIpc) is 3.12. The first kappa shape index (κ1) is 21.2. The standard InChI is InChI=1S/C25H31N3O3/c1-4-28-22-9-7-6-8-20(22)21-16-19(10-11-23(21)28)26-17(3)24(29)27-14-12-18(13-15-27)25(30)31-5-2/h6-11,16-18,26H,4-5,12-15H2,1-3H3. The molecule has 6 nitrogen and oxygen atoms in total. The minimum Gasteiger partial charge on any atom is -0.466 e. The van der Waals surface area contributed by atoms with Crippen LogP contribution in [0.4, 0.5) is 5.69 Å². The van der Waals surface area contributed by atoms with Gasteiger partial charge in [-0.05, 0) is 57.9 Å². The van der Waals surface area contributed by atoms with Gasteiger partial charge in [0.25, 0.3) is 0 Å². The first-order chi connectivity index (χ1) is 15.0. The molecule has 1 amide bonds. The van der Waals surface area contributed by atoms with Crippen LogP contribution in [-0.4, -0.2) is 47.1 Å². The number of likely N-dealkylation sites (tertiary alicyclic amines) is 1. The van der Waals surface area contributed by atoms with Crippen molar-refractivity contribution in [1.29, 1.82) is 0 Å². The van der Waals surface area contributed by atoms with E-state index in [0.717, 1.165) is 12.2 Å². The van der Waals surface area contributed by atoms with Crippen molar-refractivity contribution in [2.45, 2.75) is 46.2 Å². The van der Waals surface area contributed by atoms with E-state index < -0.39 is 0 Å². The van der Waals surface area contributed by atoms with E-state index in [1.54, 1.807) is 0 Å². The molecule has 2 aromatic carbocycles. The molecule has 6 heteroatoms. The van der Waals surface area contributed by atoms with Gasteiger partial charge in [0.1, 0.15) is 6.04 Å². The number of carbonyl (C=O) groups is 2. The molecule has 2 heterocycles. The second kappa shape index (κ2) is 9.00. The number of benzene rings is 2. The molecule has 1 atom stereocenters. The van der Waals surface area contributed by atoms with Gasteiger partial charge in [-0.1, -0.05) is 18.2 Å². The molecule has 0 saturated carbocycles. The van der Waals surface area contributed by atoms with Crippen LogP contribution >= 0.6 is 0 Å². The molecule has 31 heavy (non-hydrogen) atoms. The molecule has 1 saturated heterocycles. The predicted molar refractivity (Wildman–Crippen MR) is 124 cm³/mol. The van der Waals surface area contributed by atoms with Crippen LogP contribution in [0.5, 0.6) is 0 Å². The lowest BCUT2D eigenvalue weighted by atomic mass is 9.96. The minimum atomic E-state index is -0.337. The van der Waals surface area contributed by atoms with E-state index in [1.807, 2.05) is 24.8 Å². The van der Waals surface area contributed by atoms with Crippen molar-refractivity contribution in [1.82, 2.24) is 9.47 Å². The van der Waals surface area contributed by atoms with E-state index in [-0.39, 0.29) is 23.8 Å². The first-order valence-electron chi connectivity index (χ1n) is 11.3. The zero-order valence-corrected chi connectivity index (χ0v) is 18.6. The number of nitrogens with zero attached hydrogens (tertiary/aromatic N) is 2. The molecular weight excluding hydrogens is 390 g/mol. The molecule has 3 aromatic rings. The lowest BCUT2D eigenvalue weighted by molar-refractivity contribution is -0.151.